The van der Waals surface area contributed by atoms with Gasteiger partial charge in [0, 0.05) is 45.8 Å². The molecule has 1 N–H and O–H groups in total. The Morgan fingerprint density at radius 2 is 1.93 bits per heavy atom. The molecule has 2 fully saturated rings. The Bertz CT molecular complexity index is 603. The second kappa shape index (κ2) is 11.8. The molecule has 1 aromatic rings. The van der Waals surface area contributed by atoms with Crippen LogP contribution in [0.5, 0.6) is 5.75 Å². The predicted molar refractivity (Wildman–Crippen MR) is 125 cm³/mol. The van der Waals surface area contributed by atoms with Crippen LogP contribution in [0.1, 0.15) is 25.8 Å². The summed E-state index contributed by atoms with van der Waals surface area (Å²) < 4.78 is 11.2. The van der Waals surface area contributed by atoms with E-state index in [0.29, 0.717) is 12.0 Å². The van der Waals surface area contributed by atoms with Crippen molar-refractivity contribution in [3.63, 3.8) is 0 Å². The maximum Gasteiger partial charge on any atom is 0.193 e. The molecule has 158 valence electrons. The number of rotatable bonds is 6. The van der Waals surface area contributed by atoms with E-state index in [2.05, 4.69) is 46.1 Å². The fraction of sp³-hybridized carbons (Fsp3) is 0.667. The van der Waals surface area contributed by atoms with Gasteiger partial charge in [-0.15, -0.1) is 24.0 Å². The van der Waals surface area contributed by atoms with Gasteiger partial charge < -0.3 is 19.7 Å². The molecule has 2 heterocycles. The number of ether oxygens (including phenoxy) is 2. The van der Waals surface area contributed by atoms with Gasteiger partial charge in [-0.1, -0.05) is 26.0 Å². The molecule has 0 spiro atoms. The summed E-state index contributed by atoms with van der Waals surface area (Å²) >= 11 is 0. The third kappa shape index (κ3) is 6.77. The Labute approximate surface area is 186 Å². The first kappa shape index (κ1) is 23.2. The quantitative estimate of drug-likeness (QED) is 0.369. The Balaban J connectivity index is 0.00000280. The lowest BCUT2D eigenvalue weighted by molar-refractivity contribution is 0.0195. The highest BCUT2D eigenvalue weighted by molar-refractivity contribution is 14.0. The lowest BCUT2D eigenvalue weighted by atomic mass is 10.2. The predicted octanol–water partition coefficient (Wildman–Crippen LogP) is 2.82. The van der Waals surface area contributed by atoms with Gasteiger partial charge in [0.1, 0.15) is 5.75 Å². The highest BCUT2D eigenvalue weighted by Gasteiger charge is 2.30. The molecule has 2 saturated heterocycles. The van der Waals surface area contributed by atoms with Crippen molar-refractivity contribution >= 4 is 29.9 Å². The fourth-order valence-corrected chi connectivity index (χ4v) is 3.65. The first-order valence-electron chi connectivity index (χ1n) is 10.1. The third-order valence-corrected chi connectivity index (χ3v) is 5.19. The Morgan fingerprint density at radius 3 is 2.57 bits per heavy atom. The molecule has 0 aliphatic carbocycles. The summed E-state index contributed by atoms with van der Waals surface area (Å²) in [5.74, 6) is 2.46. The van der Waals surface area contributed by atoms with E-state index in [1.807, 2.05) is 19.2 Å². The second-order valence-electron chi connectivity index (χ2n) is 7.79. The highest BCUT2D eigenvalue weighted by Crippen LogP contribution is 2.17. The zero-order valence-corrected chi connectivity index (χ0v) is 19.7. The van der Waals surface area contributed by atoms with Crippen LogP contribution in [-0.2, 0) is 11.3 Å². The lowest BCUT2D eigenvalue weighted by Gasteiger charge is -2.32. The van der Waals surface area contributed by atoms with Gasteiger partial charge in [-0.05, 0) is 30.0 Å². The summed E-state index contributed by atoms with van der Waals surface area (Å²) in [5, 5.41) is 3.51. The van der Waals surface area contributed by atoms with E-state index in [1.54, 1.807) is 0 Å². The number of nitrogens with one attached hydrogen (secondary N) is 1. The van der Waals surface area contributed by atoms with E-state index >= 15 is 0 Å². The summed E-state index contributed by atoms with van der Waals surface area (Å²) in [4.78, 5) is 9.43. The summed E-state index contributed by atoms with van der Waals surface area (Å²) in [5.41, 5.74) is 1.23. The van der Waals surface area contributed by atoms with Crippen LogP contribution in [0.25, 0.3) is 0 Å². The van der Waals surface area contributed by atoms with Crippen LogP contribution in [0.2, 0.25) is 0 Å². The zero-order valence-electron chi connectivity index (χ0n) is 17.4. The van der Waals surface area contributed by atoms with Gasteiger partial charge in [-0.25, -0.2) is 0 Å². The minimum Gasteiger partial charge on any atom is -0.493 e. The average molecular weight is 502 g/mol. The fourth-order valence-electron chi connectivity index (χ4n) is 3.65. The zero-order chi connectivity index (χ0) is 19.1. The molecule has 0 bridgehead atoms. The van der Waals surface area contributed by atoms with Crippen molar-refractivity contribution in [1.82, 2.24) is 15.1 Å². The number of hydrogen-bond donors (Lipinski definition) is 1. The van der Waals surface area contributed by atoms with E-state index in [0.717, 1.165) is 64.3 Å². The number of guanidine groups is 1. The van der Waals surface area contributed by atoms with E-state index in [9.17, 15) is 0 Å². The molecule has 2 aliphatic heterocycles. The SMILES string of the molecule is CN=C(NCc1ccc(OCC(C)C)cc1)N1CCC(N2CCOCC2)C1.I. The number of halogens is 1. The monoisotopic (exact) mass is 502 g/mol. The summed E-state index contributed by atoms with van der Waals surface area (Å²) in [6.07, 6.45) is 1.20. The Morgan fingerprint density at radius 1 is 1.21 bits per heavy atom. The Hall–Kier alpha value is -1.06. The molecule has 6 nitrogen and oxygen atoms in total. The van der Waals surface area contributed by atoms with Gasteiger partial charge in [-0.3, -0.25) is 9.89 Å². The van der Waals surface area contributed by atoms with Crippen molar-refractivity contribution in [2.24, 2.45) is 10.9 Å². The van der Waals surface area contributed by atoms with Crippen LogP contribution >= 0.6 is 24.0 Å². The molecule has 2 aliphatic rings. The average Bonchev–Trinajstić information content (AvgIpc) is 3.18. The molecular formula is C21H35IN4O2. The number of hydrogen-bond acceptors (Lipinski definition) is 4. The van der Waals surface area contributed by atoms with Gasteiger partial charge in [0.2, 0.25) is 0 Å². The van der Waals surface area contributed by atoms with Crippen molar-refractivity contribution in [2.45, 2.75) is 32.9 Å². The van der Waals surface area contributed by atoms with Crippen molar-refractivity contribution in [3.8, 4) is 5.75 Å². The van der Waals surface area contributed by atoms with Crippen LogP contribution in [0.4, 0.5) is 0 Å². The van der Waals surface area contributed by atoms with Crippen molar-refractivity contribution in [2.75, 3.05) is 53.0 Å². The van der Waals surface area contributed by atoms with E-state index < -0.39 is 0 Å². The van der Waals surface area contributed by atoms with Crippen LogP contribution in [-0.4, -0.2) is 74.8 Å². The molecule has 28 heavy (non-hydrogen) atoms. The first-order chi connectivity index (χ1) is 13.2. The maximum atomic E-state index is 5.75. The number of likely N-dealkylation sites (tertiary alicyclic amines) is 1. The normalized spacial score (nSPS) is 20.9. The second-order valence-corrected chi connectivity index (χ2v) is 7.79. The summed E-state index contributed by atoms with van der Waals surface area (Å²) in [7, 11) is 1.87. The first-order valence-corrected chi connectivity index (χ1v) is 10.1. The van der Waals surface area contributed by atoms with Gasteiger partial charge in [-0.2, -0.15) is 0 Å². The molecular weight excluding hydrogens is 467 g/mol. The molecule has 1 atom stereocenters. The van der Waals surface area contributed by atoms with Gasteiger partial charge in [0.05, 0.1) is 19.8 Å². The smallest absolute Gasteiger partial charge is 0.193 e. The number of benzene rings is 1. The minimum absolute atomic E-state index is 0. The number of aliphatic imine (C=N–C) groups is 1. The molecule has 0 aromatic heterocycles. The van der Waals surface area contributed by atoms with Crippen LogP contribution in [0.15, 0.2) is 29.3 Å². The topological polar surface area (TPSA) is 49.3 Å². The van der Waals surface area contributed by atoms with Gasteiger partial charge in [0.15, 0.2) is 5.96 Å². The number of nitrogens with zero attached hydrogens (tertiary/aromatic N) is 3. The van der Waals surface area contributed by atoms with E-state index in [-0.39, 0.29) is 24.0 Å². The van der Waals surface area contributed by atoms with Crippen molar-refractivity contribution in [1.29, 1.82) is 0 Å². The van der Waals surface area contributed by atoms with Gasteiger partial charge in [0.25, 0.3) is 0 Å². The van der Waals surface area contributed by atoms with E-state index in [1.165, 1.54) is 12.0 Å². The van der Waals surface area contributed by atoms with E-state index in [4.69, 9.17) is 9.47 Å². The molecule has 0 radical (unpaired) electrons. The van der Waals surface area contributed by atoms with Crippen LogP contribution in [0, 0.1) is 5.92 Å². The number of morpholine rings is 1. The maximum absolute atomic E-state index is 5.75. The largest absolute Gasteiger partial charge is 0.493 e. The summed E-state index contributed by atoms with van der Waals surface area (Å²) in [6, 6.07) is 8.95. The molecule has 0 saturated carbocycles. The third-order valence-electron chi connectivity index (χ3n) is 5.19. The van der Waals surface area contributed by atoms with Crippen LogP contribution in [0.3, 0.4) is 0 Å². The van der Waals surface area contributed by atoms with Gasteiger partial charge >= 0.3 is 0 Å². The highest BCUT2D eigenvalue weighted by atomic mass is 127. The standard InChI is InChI=1S/C21H34N4O2.HI/c1-17(2)16-27-20-6-4-18(5-7-20)14-23-21(22-3)25-9-8-19(15-25)24-10-12-26-13-11-24;/h4-7,17,19H,8-16H2,1-3H3,(H,22,23);1H. The van der Waals surface area contributed by atoms with Crippen LogP contribution < -0.4 is 10.1 Å². The molecule has 1 unspecified atom stereocenters. The lowest BCUT2D eigenvalue weighted by Crippen LogP contribution is -2.46. The molecule has 7 heteroatoms. The molecule has 1 aromatic carbocycles. The molecule has 3 rings (SSSR count). The summed E-state index contributed by atoms with van der Waals surface area (Å²) in [6.45, 7) is 11.8. The van der Waals surface area contributed by atoms with Crippen molar-refractivity contribution < 1.29 is 9.47 Å². The molecule has 0 amide bonds. The Kier molecular flexibility index (Phi) is 9.81. The minimum atomic E-state index is 0. The van der Waals surface area contributed by atoms with Crippen molar-refractivity contribution in [3.05, 3.63) is 29.8 Å².